The van der Waals surface area contributed by atoms with Gasteiger partial charge in [0.15, 0.2) is 0 Å². The van der Waals surface area contributed by atoms with Crippen molar-refractivity contribution in [3.05, 3.63) is 54.1 Å². The van der Waals surface area contributed by atoms with E-state index in [0.29, 0.717) is 18.7 Å². The van der Waals surface area contributed by atoms with Gasteiger partial charge in [-0.1, -0.05) is 20.3 Å². The number of ether oxygens (including phenoxy) is 1. The summed E-state index contributed by atoms with van der Waals surface area (Å²) in [6, 6.07) is 14.4. The SMILES string of the molecule is CCCCOc1ccc(NC(=O)CNc2ccc(C(=O)NCCC)cc2)cc1. The number of carbonyl (C=O) groups excluding carboxylic acids is 2. The number of rotatable bonds is 11. The van der Waals surface area contributed by atoms with E-state index in [4.69, 9.17) is 4.74 Å². The molecule has 6 heteroatoms. The summed E-state index contributed by atoms with van der Waals surface area (Å²) >= 11 is 0. The second kappa shape index (κ2) is 11.6. The minimum absolute atomic E-state index is 0.0896. The van der Waals surface area contributed by atoms with E-state index in [-0.39, 0.29) is 18.4 Å². The number of hydrogen-bond acceptors (Lipinski definition) is 4. The third-order valence-electron chi connectivity index (χ3n) is 4.04. The minimum atomic E-state index is -0.149. The lowest BCUT2D eigenvalue weighted by Gasteiger charge is -2.10. The van der Waals surface area contributed by atoms with Crippen molar-refractivity contribution >= 4 is 23.2 Å². The second-order valence-corrected chi connectivity index (χ2v) is 6.46. The van der Waals surface area contributed by atoms with Crippen molar-refractivity contribution in [3.8, 4) is 5.75 Å². The summed E-state index contributed by atoms with van der Waals surface area (Å²) in [4.78, 5) is 24.0. The molecule has 0 aromatic heterocycles. The Hall–Kier alpha value is -3.02. The summed E-state index contributed by atoms with van der Waals surface area (Å²) in [6.07, 6.45) is 3.01. The van der Waals surface area contributed by atoms with Crippen molar-refractivity contribution in [2.24, 2.45) is 0 Å². The largest absolute Gasteiger partial charge is 0.494 e. The van der Waals surface area contributed by atoms with E-state index in [9.17, 15) is 9.59 Å². The van der Waals surface area contributed by atoms with Crippen LogP contribution in [-0.4, -0.2) is 31.5 Å². The first-order chi connectivity index (χ1) is 13.6. The molecule has 0 radical (unpaired) electrons. The van der Waals surface area contributed by atoms with Crippen molar-refractivity contribution in [1.29, 1.82) is 0 Å². The Balaban J connectivity index is 1.76. The molecule has 28 heavy (non-hydrogen) atoms. The highest BCUT2D eigenvalue weighted by atomic mass is 16.5. The summed E-state index contributed by atoms with van der Waals surface area (Å²) in [5.74, 6) is 0.560. The van der Waals surface area contributed by atoms with Gasteiger partial charge in [0, 0.05) is 23.5 Å². The average molecular weight is 383 g/mol. The molecule has 2 amide bonds. The van der Waals surface area contributed by atoms with E-state index in [1.165, 1.54) is 0 Å². The minimum Gasteiger partial charge on any atom is -0.494 e. The topological polar surface area (TPSA) is 79.5 Å². The summed E-state index contributed by atoms with van der Waals surface area (Å²) in [6.45, 7) is 5.62. The average Bonchev–Trinajstić information content (AvgIpc) is 2.72. The van der Waals surface area contributed by atoms with Crippen molar-refractivity contribution in [2.75, 3.05) is 30.3 Å². The van der Waals surface area contributed by atoms with Gasteiger partial charge in [-0.2, -0.15) is 0 Å². The van der Waals surface area contributed by atoms with E-state index < -0.39 is 0 Å². The van der Waals surface area contributed by atoms with Crippen LogP contribution < -0.4 is 20.7 Å². The second-order valence-electron chi connectivity index (χ2n) is 6.46. The van der Waals surface area contributed by atoms with Gasteiger partial charge < -0.3 is 20.7 Å². The highest BCUT2D eigenvalue weighted by molar-refractivity contribution is 5.95. The molecule has 0 atom stereocenters. The van der Waals surface area contributed by atoms with Crippen LogP contribution in [0.1, 0.15) is 43.5 Å². The van der Waals surface area contributed by atoms with Gasteiger partial charge in [0.05, 0.1) is 13.2 Å². The molecule has 3 N–H and O–H groups in total. The molecule has 0 aliphatic rings. The molecule has 0 bridgehead atoms. The molecule has 0 unspecified atom stereocenters. The molecule has 0 aliphatic carbocycles. The number of hydrogen-bond donors (Lipinski definition) is 3. The lowest BCUT2D eigenvalue weighted by atomic mass is 10.2. The van der Waals surface area contributed by atoms with Crippen LogP contribution >= 0.6 is 0 Å². The van der Waals surface area contributed by atoms with Crippen LogP contribution in [0.25, 0.3) is 0 Å². The quantitative estimate of drug-likeness (QED) is 0.511. The molecular weight excluding hydrogens is 354 g/mol. The zero-order chi connectivity index (χ0) is 20.2. The van der Waals surface area contributed by atoms with Crippen molar-refractivity contribution in [1.82, 2.24) is 5.32 Å². The number of amides is 2. The lowest BCUT2D eigenvalue weighted by Crippen LogP contribution is -2.24. The standard InChI is InChI=1S/C22H29N3O3/c1-3-5-15-28-20-12-10-19(11-13-20)25-21(26)16-24-18-8-6-17(7-9-18)22(27)23-14-4-2/h6-13,24H,3-5,14-16H2,1-2H3,(H,23,27)(H,25,26). The van der Waals surface area contributed by atoms with Crippen molar-refractivity contribution in [2.45, 2.75) is 33.1 Å². The number of unbranched alkanes of at least 4 members (excludes halogenated alkanes) is 1. The normalized spacial score (nSPS) is 10.2. The molecule has 6 nitrogen and oxygen atoms in total. The molecule has 2 aromatic carbocycles. The monoisotopic (exact) mass is 383 g/mol. The van der Waals surface area contributed by atoms with Gasteiger partial charge in [-0.05, 0) is 61.4 Å². The summed E-state index contributed by atoms with van der Waals surface area (Å²) in [5.41, 5.74) is 2.10. The van der Waals surface area contributed by atoms with Crippen LogP contribution in [-0.2, 0) is 4.79 Å². The first-order valence-corrected chi connectivity index (χ1v) is 9.77. The summed E-state index contributed by atoms with van der Waals surface area (Å²) < 4.78 is 5.61. The highest BCUT2D eigenvalue weighted by Crippen LogP contribution is 2.16. The van der Waals surface area contributed by atoms with Gasteiger partial charge in [-0.3, -0.25) is 9.59 Å². The van der Waals surface area contributed by atoms with Gasteiger partial charge in [-0.25, -0.2) is 0 Å². The Morgan fingerprint density at radius 3 is 2.21 bits per heavy atom. The Kier molecular flexibility index (Phi) is 8.85. The van der Waals surface area contributed by atoms with Crippen molar-refractivity contribution < 1.29 is 14.3 Å². The van der Waals surface area contributed by atoms with Gasteiger partial charge in [-0.15, -0.1) is 0 Å². The summed E-state index contributed by atoms with van der Waals surface area (Å²) in [5, 5.41) is 8.72. The molecule has 0 fully saturated rings. The molecule has 0 aliphatic heterocycles. The highest BCUT2D eigenvalue weighted by Gasteiger charge is 2.06. The van der Waals surface area contributed by atoms with E-state index >= 15 is 0 Å². The third kappa shape index (κ3) is 7.31. The number of benzene rings is 2. The smallest absolute Gasteiger partial charge is 0.251 e. The van der Waals surface area contributed by atoms with Crippen LogP contribution in [0.2, 0.25) is 0 Å². The zero-order valence-corrected chi connectivity index (χ0v) is 16.6. The number of carbonyl (C=O) groups is 2. The first-order valence-electron chi connectivity index (χ1n) is 9.77. The summed E-state index contributed by atoms with van der Waals surface area (Å²) in [7, 11) is 0. The van der Waals surface area contributed by atoms with Crippen molar-refractivity contribution in [3.63, 3.8) is 0 Å². The Bertz CT molecular complexity index is 743. The maximum Gasteiger partial charge on any atom is 0.251 e. The predicted molar refractivity (Wildman–Crippen MR) is 113 cm³/mol. The van der Waals surface area contributed by atoms with Gasteiger partial charge in [0.1, 0.15) is 5.75 Å². The molecule has 150 valence electrons. The van der Waals surface area contributed by atoms with E-state index in [0.717, 1.165) is 36.4 Å². The Morgan fingerprint density at radius 2 is 1.57 bits per heavy atom. The fourth-order valence-corrected chi connectivity index (χ4v) is 2.44. The van der Waals surface area contributed by atoms with E-state index in [1.54, 1.807) is 24.3 Å². The number of anilines is 2. The van der Waals surface area contributed by atoms with Gasteiger partial charge >= 0.3 is 0 Å². The molecule has 0 saturated carbocycles. The molecule has 0 saturated heterocycles. The van der Waals surface area contributed by atoms with Gasteiger partial charge in [0.2, 0.25) is 5.91 Å². The third-order valence-corrected chi connectivity index (χ3v) is 4.04. The lowest BCUT2D eigenvalue weighted by molar-refractivity contribution is -0.114. The van der Waals surface area contributed by atoms with E-state index in [1.807, 2.05) is 31.2 Å². The zero-order valence-electron chi connectivity index (χ0n) is 16.6. The van der Waals surface area contributed by atoms with E-state index in [2.05, 4.69) is 22.9 Å². The number of nitrogens with one attached hydrogen (secondary N) is 3. The fourth-order valence-electron chi connectivity index (χ4n) is 2.44. The molecule has 0 spiro atoms. The first kappa shape index (κ1) is 21.3. The van der Waals surface area contributed by atoms with Crippen LogP contribution in [0.15, 0.2) is 48.5 Å². The van der Waals surface area contributed by atoms with Crippen LogP contribution in [0, 0.1) is 0 Å². The Morgan fingerprint density at radius 1 is 0.893 bits per heavy atom. The Labute approximate surface area is 166 Å². The van der Waals surface area contributed by atoms with Crippen LogP contribution in [0.5, 0.6) is 5.75 Å². The maximum atomic E-state index is 12.1. The van der Waals surface area contributed by atoms with Gasteiger partial charge in [0.25, 0.3) is 5.91 Å². The maximum absolute atomic E-state index is 12.1. The van der Waals surface area contributed by atoms with Crippen LogP contribution in [0.4, 0.5) is 11.4 Å². The molecule has 2 aromatic rings. The fraction of sp³-hybridized carbons (Fsp3) is 0.364. The predicted octanol–water partition coefficient (Wildman–Crippen LogP) is 4.06. The molecular formula is C22H29N3O3. The molecule has 2 rings (SSSR count). The molecule has 0 heterocycles. The van der Waals surface area contributed by atoms with Crippen LogP contribution in [0.3, 0.4) is 0 Å².